The minimum Gasteiger partial charge on any atom is -0.496 e. The van der Waals surface area contributed by atoms with Crippen LogP contribution in [-0.2, 0) is 27.9 Å². The molecular formula is C23H24ClN5O5S2. The van der Waals surface area contributed by atoms with Gasteiger partial charge in [-0.25, -0.2) is 8.42 Å². The zero-order valence-corrected chi connectivity index (χ0v) is 21.5. The first kappa shape index (κ1) is 25.9. The minimum absolute atomic E-state index is 0.0702. The highest BCUT2D eigenvalue weighted by molar-refractivity contribution is 7.94. The van der Waals surface area contributed by atoms with Crippen LogP contribution in [0.3, 0.4) is 0 Å². The maximum absolute atomic E-state index is 13.0. The van der Waals surface area contributed by atoms with E-state index >= 15 is 0 Å². The summed E-state index contributed by atoms with van der Waals surface area (Å²) < 4.78 is 36.1. The van der Waals surface area contributed by atoms with Gasteiger partial charge in [0.05, 0.1) is 35.5 Å². The molecule has 36 heavy (non-hydrogen) atoms. The van der Waals surface area contributed by atoms with Crippen molar-refractivity contribution >= 4 is 55.6 Å². The number of hydrogen-bond donors (Lipinski definition) is 4. The van der Waals surface area contributed by atoms with Gasteiger partial charge >= 0.3 is 0 Å². The molecule has 0 aliphatic rings. The number of ether oxygens (including phenoxy) is 1. The van der Waals surface area contributed by atoms with Gasteiger partial charge in [-0.3, -0.25) is 14.2 Å². The Morgan fingerprint density at radius 2 is 1.97 bits per heavy atom. The Bertz CT molecular complexity index is 1500. The number of nitrogens with one attached hydrogen (secondary N) is 2. The first-order chi connectivity index (χ1) is 17.2. The first-order valence-electron chi connectivity index (χ1n) is 10.8. The van der Waals surface area contributed by atoms with Gasteiger partial charge in [0, 0.05) is 6.54 Å². The highest BCUT2D eigenvalue weighted by Gasteiger charge is 2.23. The second kappa shape index (κ2) is 10.8. The Morgan fingerprint density at radius 3 is 2.67 bits per heavy atom. The van der Waals surface area contributed by atoms with Crippen LogP contribution in [0.4, 0.5) is 5.82 Å². The van der Waals surface area contributed by atoms with Crippen LogP contribution in [0.2, 0.25) is 4.34 Å². The van der Waals surface area contributed by atoms with Crippen molar-refractivity contribution in [3.8, 4) is 5.75 Å². The zero-order valence-electron chi connectivity index (χ0n) is 19.1. The molecule has 4 aromatic rings. The van der Waals surface area contributed by atoms with E-state index < -0.39 is 28.6 Å². The molecule has 0 radical (unpaired) electrons. The molecular weight excluding hydrogens is 526 g/mol. The van der Waals surface area contributed by atoms with E-state index in [1.807, 2.05) is 30.3 Å². The third-order valence-corrected chi connectivity index (χ3v) is 8.39. The predicted octanol–water partition coefficient (Wildman–Crippen LogP) is 2.54. The number of methoxy groups -OCH3 is 1. The number of thiophene rings is 1. The Morgan fingerprint density at radius 1 is 1.22 bits per heavy atom. The number of carbonyl (C=O) groups is 1. The van der Waals surface area contributed by atoms with Crippen LogP contribution in [-0.4, -0.2) is 49.0 Å². The lowest BCUT2D eigenvalue weighted by Crippen LogP contribution is -2.42. The number of anilines is 1. The van der Waals surface area contributed by atoms with Crippen LogP contribution in [0.15, 0.2) is 58.8 Å². The fourth-order valence-corrected chi connectivity index (χ4v) is 6.09. The number of halogens is 1. The van der Waals surface area contributed by atoms with Crippen molar-refractivity contribution in [3.63, 3.8) is 0 Å². The molecule has 10 nitrogen and oxygen atoms in total. The molecule has 2 heterocycles. The fourth-order valence-electron chi connectivity index (χ4n) is 3.59. The fraction of sp³-hybridized carbons (Fsp3) is 0.217. The van der Waals surface area contributed by atoms with Crippen molar-refractivity contribution in [2.75, 3.05) is 18.4 Å². The molecule has 0 fully saturated rings. The number of carbonyl (C=O) groups excluding carboxylic acids is 1. The van der Waals surface area contributed by atoms with E-state index in [2.05, 4.69) is 15.1 Å². The number of aromatic nitrogens is 2. The largest absolute Gasteiger partial charge is 0.496 e. The van der Waals surface area contributed by atoms with E-state index in [-0.39, 0.29) is 16.6 Å². The highest BCUT2D eigenvalue weighted by atomic mass is 35.5. The third-order valence-electron chi connectivity index (χ3n) is 5.33. The molecule has 0 aliphatic heterocycles. The standard InChI is InChI=1S/C23H24ClN5O5S2/c1-34-18-7-3-6-17-21(18)22(28-36(32,33)20-9-8-19(24)35-20)27-29(17)12-15-5-2-4-14(10-15)11-26-23(31)16(25)13-30/h2-10,16,30H,11-13,25H2,1H3,(H,26,31)(H,27,28)/t16-/m1/s1. The van der Waals surface area contributed by atoms with Crippen molar-refractivity contribution in [1.29, 1.82) is 0 Å². The van der Waals surface area contributed by atoms with Crippen LogP contribution >= 0.6 is 22.9 Å². The van der Waals surface area contributed by atoms with Gasteiger partial charge in [-0.15, -0.1) is 11.3 Å². The van der Waals surface area contributed by atoms with Crippen LogP contribution < -0.4 is 20.5 Å². The summed E-state index contributed by atoms with van der Waals surface area (Å²) in [6.45, 7) is 0.129. The molecule has 13 heteroatoms. The van der Waals surface area contributed by atoms with Crippen LogP contribution in [0.5, 0.6) is 5.75 Å². The van der Waals surface area contributed by atoms with Crippen LogP contribution in [0.1, 0.15) is 11.1 Å². The number of aliphatic hydroxyl groups excluding tert-OH is 1. The average molecular weight is 550 g/mol. The van der Waals surface area contributed by atoms with Gasteiger partial charge in [0.25, 0.3) is 10.0 Å². The van der Waals surface area contributed by atoms with E-state index in [0.29, 0.717) is 27.5 Å². The molecule has 1 amide bonds. The molecule has 1 atom stereocenters. The molecule has 0 spiro atoms. The summed E-state index contributed by atoms with van der Waals surface area (Å²) >= 11 is 6.88. The number of fused-ring (bicyclic) bond motifs is 1. The molecule has 0 saturated carbocycles. The molecule has 0 aliphatic carbocycles. The van der Waals surface area contributed by atoms with E-state index in [9.17, 15) is 13.2 Å². The number of nitrogens with two attached hydrogens (primary N) is 1. The van der Waals surface area contributed by atoms with Gasteiger partial charge in [0.1, 0.15) is 16.0 Å². The molecule has 2 aromatic carbocycles. The van der Waals surface area contributed by atoms with Gasteiger partial charge < -0.3 is 20.9 Å². The Hall–Kier alpha value is -3.16. The summed E-state index contributed by atoms with van der Waals surface area (Å²) in [4.78, 5) is 11.9. The number of aliphatic hydroxyl groups is 1. The van der Waals surface area contributed by atoms with Crippen molar-refractivity contribution in [2.24, 2.45) is 5.73 Å². The summed E-state index contributed by atoms with van der Waals surface area (Å²) in [6, 6.07) is 14.8. The molecule has 0 saturated heterocycles. The number of hydrogen-bond acceptors (Lipinski definition) is 8. The SMILES string of the molecule is COc1cccc2c1c(NS(=O)(=O)c1ccc(Cl)s1)nn2Cc1cccc(CNC(=O)[C@H](N)CO)c1. The summed E-state index contributed by atoms with van der Waals surface area (Å²) in [7, 11) is -2.41. The molecule has 5 N–H and O–H groups in total. The van der Waals surface area contributed by atoms with Crippen molar-refractivity contribution < 1.29 is 23.1 Å². The first-order valence-corrected chi connectivity index (χ1v) is 13.4. The smallest absolute Gasteiger partial charge is 0.272 e. The lowest BCUT2D eigenvalue weighted by molar-refractivity contribution is -0.123. The number of rotatable bonds is 10. The molecule has 2 aromatic heterocycles. The van der Waals surface area contributed by atoms with Gasteiger partial charge in [-0.1, -0.05) is 41.9 Å². The normalized spacial score (nSPS) is 12.4. The highest BCUT2D eigenvalue weighted by Crippen LogP contribution is 2.35. The predicted molar refractivity (Wildman–Crippen MR) is 139 cm³/mol. The lowest BCUT2D eigenvalue weighted by Gasteiger charge is -2.11. The zero-order chi connectivity index (χ0) is 25.9. The van der Waals surface area contributed by atoms with Gasteiger partial charge in [-0.05, 0) is 35.4 Å². The Balaban J connectivity index is 1.64. The van der Waals surface area contributed by atoms with Gasteiger partial charge in [0.15, 0.2) is 5.82 Å². The topological polar surface area (TPSA) is 149 Å². The summed E-state index contributed by atoms with van der Waals surface area (Å²) in [5.41, 5.74) is 7.91. The second-order valence-electron chi connectivity index (χ2n) is 7.85. The van der Waals surface area contributed by atoms with E-state index in [4.69, 9.17) is 27.2 Å². The lowest BCUT2D eigenvalue weighted by atomic mass is 10.1. The van der Waals surface area contributed by atoms with Gasteiger partial charge in [-0.2, -0.15) is 5.10 Å². The van der Waals surface area contributed by atoms with E-state index in [1.165, 1.54) is 19.2 Å². The summed E-state index contributed by atoms with van der Waals surface area (Å²) in [6.07, 6.45) is 0. The van der Waals surface area contributed by atoms with E-state index in [0.717, 1.165) is 22.5 Å². The molecule has 0 bridgehead atoms. The number of sulfonamides is 1. The maximum Gasteiger partial charge on any atom is 0.272 e. The van der Waals surface area contributed by atoms with Gasteiger partial charge in [0.2, 0.25) is 5.91 Å². The summed E-state index contributed by atoms with van der Waals surface area (Å²) in [5.74, 6) is 0.155. The van der Waals surface area contributed by atoms with Crippen LogP contribution in [0, 0.1) is 0 Å². The average Bonchev–Trinajstić information content (AvgIpc) is 3.46. The number of nitrogens with zero attached hydrogens (tertiary/aromatic N) is 2. The van der Waals surface area contributed by atoms with Crippen molar-refractivity contribution in [3.05, 3.63) is 70.1 Å². The van der Waals surface area contributed by atoms with E-state index in [1.54, 1.807) is 16.8 Å². The van der Waals surface area contributed by atoms with Crippen LogP contribution in [0.25, 0.3) is 10.9 Å². The minimum atomic E-state index is -3.92. The molecule has 4 rings (SSSR count). The Kier molecular flexibility index (Phi) is 7.81. The quantitative estimate of drug-likeness (QED) is 0.237. The molecule has 0 unspecified atom stereocenters. The monoisotopic (exact) mass is 549 g/mol. The number of amides is 1. The number of benzene rings is 2. The Labute approximate surface area is 216 Å². The third kappa shape index (κ3) is 5.63. The maximum atomic E-state index is 13.0. The van der Waals surface area contributed by atoms with Crippen molar-refractivity contribution in [2.45, 2.75) is 23.3 Å². The molecule has 190 valence electrons. The summed E-state index contributed by atoms with van der Waals surface area (Å²) in [5, 5.41) is 16.8. The second-order valence-corrected chi connectivity index (χ2v) is 11.5. The van der Waals surface area contributed by atoms with Crippen molar-refractivity contribution in [1.82, 2.24) is 15.1 Å².